The van der Waals surface area contributed by atoms with E-state index in [9.17, 15) is 4.79 Å². The van der Waals surface area contributed by atoms with Crippen molar-refractivity contribution in [2.45, 2.75) is 26.2 Å². The number of hydrogen-bond acceptors (Lipinski definition) is 3. The van der Waals surface area contributed by atoms with Crippen LogP contribution in [-0.4, -0.2) is 42.2 Å². The summed E-state index contributed by atoms with van der Waals surface area (Å²) in [7, 11) is 0. The minimum atomic E-state index is 0.0141. The van der Waals surface area contributed by atoms with Crippen molar-refractivity contribution in [3.8, 4) is 5.75 Å². The van der Waals surface area contributed by atoms with Crippen LogP contribution in [-0.2, 0) is 11.2 Å². The van der Waals surface area contributed by atoms with E-state index in [-0.39, 0.29) is 12.5 Å². The monoisotopic (exact) mass is 355 g/mol. The second-order valence-electron chi connectivity index (χ2n) is 5.49. The number of aliphatic hydroxyl groups excluding tert-OH is 1. The molecule has 1 saturated heterocycles. The topological polar surface area (TPSA) is 49.8 Å². The summed E-state index contributed by atoms with van der Waals surface area (Å²) in [5, 5.41) is 8.85. The van der Waals surface area contributed by atoms with E-state index < -0.39 is 0 Å². The molecule has 1 heterocycles. The van der Waals surface area contributed by atoms with Gasteiger partial charge < -0.3 is 14.7 Å². The first-order chi connectivity index (χ1) is 10.1. The molecule has 0 radical (unpaired) electrons. The molecule has 0 bridgehead atoms. The van der Waals surface area contributed by atoms with Crippen molar-refractivity contribution in [1.82, 2.24) is 4.90 Å². The summed E-state index contributed by atoms with van der Waals surface area (Å²) in [6, 6.07) is 6.14. The van der Waals surface area contributed by atoms with Gasteiger partial charge in [-0.1, -0.05) is 6.07 Å². The second-order valence-corrected chi connectivity index (χ2v) is 6.34. The van der Waals surface area contributed by atoms with Crippen molar-refractivity contribution >= 4 is 21.8 Å². The Labute approximate surface area is 134 Å². The Bertz CT molecular complexity index is 484. The minimum Gasteiger partial charge on any atom is -0.490 e. The molecule has 1 aliphatic rings. The Morgan fingerprint density at radius 2 is 2.14 bits per heavy atom. The highest BCUT2D eigenvalue weighted by Crippen LogP contribution is 2.29. The third-order valence-electron chi connectivity index (χ3n) is 3.93. The van der Waals surface area contributed by atoms with Crippen LogP contribution < -0.4 is 4.74 Å². The van der Waals surface area contributed by atoms with E-state index in [2.05, 4.69) is 22.0 Å². The maximum atomic E-state index is 11.3. The van der Waals surface area contributed by atoms with E-state index in [1.807, 2.05) is 17.0 Å². The normalized spacial score (nSPS) is 16.0. The first-order valence-electron chi connectivity index (χ1n) is 7.37. The van der Waals surface area contributed by atoms with Crippen LogP contribution >= 0.6 is 15.9 Å². The number of carbonyl (C=O) groups is 1. The molecule has 1 amide bonds. The fraction of sp³-hybridized carbons (Fsp3) is 0.562. The van der Waals surface area contributed by atoms with Gasteiger partial charge in [-0.15, -0.1) is 0 Å². The quantitative estimate of drug-likeness (QED) is 0.883. The van der Waals surface area contributed by atoms with Gasteiger partial charge in [0.2, 0.25) is 5.91 Å². The molecule has 0 spiro atoms. The zero-order valence-corrected chi connectivity index (χ0v) is 13.9. The van der Waals surface area contributed by atoms with Crippen LogP contribution in [0.2, 0.25) is 0 Å². The minimum absolute atomic E-state index is 0.0141. The highest BCUT2D eigenvalue weighted by atomic mass is 79.9. The highest BCUT2D eigenvalue weighted by Gasteiger charge is 2.21. The molecular weight excluding hydrogens is 334 g/mol. The molecule has 0 aromatic heterocycles. The summed E-state index contributed by atoms with van der Waals surface area (Å²) in [6.07, 6.45) is 3.12. The van der Waals surface area contributed by atoms with Gasteiger partial charge in [0.1, 0.15) is 12.4 Å². The maximum Gasteiger partial charge on any atom is 0.219 e. The molecule has 1 aromatic rings. The van der Waals surface area contributed by atoms with Gasteiger partial charge in [-0.05, 0) is 58.8 Å². The third kappa shape index (κ3) is 4.71. The van der Waals surface area contributed by atoms with E-state index in [0.29, 0.717) is 12.5 Å². The SMILES string of the molecule is CC(=O)N1CCC(Cc2ccc(Br)c(OCCO)c2)CC1. The maximum absolute atomic E-state index is 11.3. The third-order valence-corrected chi connectivity index (χ3v) is 4.58. The van der Waals surface area contributed by atoms with Gasteiger partial charge in [-0.2, -0.15) is 0 Å². The lowest BCUT2D eigenvalue weighted by molar-refractivity contribution is -0.130. The zero-order valence-electron chi connectivity index (χ0n) is 12.3. The molecule has 1 aliphatic heterocycles. The number of halogens is 1. The summed E-state index contributed by atoms with van der Waals surface area (Å²) in [6.45, 7) is 3.69. The zero-order chi connectivity index (χ0) is 15.2. The molecular formula is C16H22BrNO3. The number of rotatable bonds is 5. The number of hydrogen-bond donors (Lipinski definition) is 1. The van der Waals surface area contributed by atoms with E-state index in [1.165, 1.54) is 5.56 Å². The van der Waals surface area contributed by atoms with Crippen molar-refractivity contribution in [3.05, 3.63) is 28.2 Å². The molecule has 116 valence electrons. The Morgan fingerprint density at radius 3 is 2.76 bits per heavy atom. The first kappa shape index (κ1) is 16.3. The molecule has 2 rings (SSSR count). The lowest BCUT2D eigenvalue weighted by Gasteiger charge is -2.31. The van der Waals surface area contributed by atoms with Crippen molar-refractivity contribution in [1.29, 1.82) is 0 Å². The predicted molar refractivity (Wildman–Crippen MR) is 85.4 cm³/mol. The highest BCUT2D eigenvalue weighted by molar-refractivity contribution is 9.10. The first-order valence-corrected chi connectivity index (χ1v) is 8.17. The van der Waals surface area contributed by atoms with Crippen LogP contribution in [0.1, 0.15) is 25.3 Å². The summed E-state index contributed by atoms with van der Waals surface area (Å²) in [4.78, 5) is 13.3. The van der Waals surface area contributed by atoms with Gasteiger partial charge in [0.05, 0.1) is 11.1 Å². The molecule has 1 aromatic carbocycles. The molecule has 0 saturated carbocycles. The van der Waals surface area contributed by atoms with Crippen LogP contribution in [0.25, 0.3) is 0 Å². The number of likely N-dealkylation sites (tertiary alicyclic amines) is 1. The number of ether oxygens (including phenoxy) is 1. The van der Waals surface area contributed by atoms with Gasteiger partial charge in [0.15, 0.2) is 0 Å². The molecule has 1 N–H and O–H groups in total. The van der Waals surface area contributed by atoms with Crippen molar-refractivity contribution in [2.24, 2.45) is 5.92 Å². The van der Waals surface area contributed by atoms with Gasteiger partial charge in [-0.3, -0.25) is 4.79 Å². The molecule has 0 aliphatic carbocycles. The smallest absolute Gasteiger partial charge is 0.219 e. The fourth-order valence-electron chi connectivity index (χ4n) is 2.73. The molecule has 21 heavy (non-hydrogen) atoms. The Hall–Kier alpha value is -1.07. The predicted octanol–water partition coefficient (Wildman–Crippen LogP) is 2.62. The Balaban J connectivity index is 1.92. The van der Waals surface area contributed by atoms with Crippen LogP contribution in [0, 0.1) is 5.92 Å². The number of nitrogens with zero attached hydrogens (tertiary/aromatic N) is 1. The number of benzene rings is 1. The lowest BCUT2D eigenvalue weighted by atomic mass is 9.90. The van der Waals surface area contributed by atoms with Gasteiger partial charge in [-0.25, -0.2) is 0 Å². The van der Waals surface area contributed by atoms with Crippen LogP contribution in [0.3, 0.4) is 0 Å². The van der Waals surface area contributed by atoms with Crippen LogP contribution in [0.4, 0.5) is 0 Å². The molecule has 4 nitrogen and oxygen atoms in total. The van der Waals surface area contributed by atoms with Crippen LogP contribution in [0.15, 0.2) is 22.7 Å². The molecule has 5 heteroatoms. The second kappa shape index (κ2) is 7.80. The number of amides is 1. The van der Waals surface area contributed by atoms with E-state index in [1.54, 1.807) is 6.92 Å². The Morgan fingerprint density at radius 1 is 1.43 bits per heavy atom. The fourth-order valence-corrected chi connectivity index (χ4v) is 3.09. The summed E-state index contributed by atoms with van der Waals surface area (Å²) < 4.78 is 6.42. The van der Waals surface area contributed by atoms with Gasteiger partial charge in [0, 0.05) is 20.0 Å². The molecule has 1 fully saturated rings. The number of piperidine rings is 1. The Kier molecular flexibility index (Phi) is 6.06. The van der Waals surface area contributed by atoms with Crippen molar-refractivity contribution in [3.63, 3.8) is 0 Å². The number of aliphatic hydroxyl groups is 1. The lowest BCUT2D eigenvalue weighted by Crippen LogP contribution is -2.37. The summed E-state index contributed by atoms with van der Waals surface area (Å²) >= 11 is 3.46. The standard InChI is InChI=1S/C16H22BrNO3/c1-12(20)18-6-4-13(5-7-18)10-14-2-3-15(17)16(11-14)21-9-8-19/h2-3,11,13,19H,4-10H2,1H3. The summed E-state index contributed by atoms with van der Waals surface area (Å²) in [5.41, 5.74) is 1.24. The van der Waals surface area contributed by atoms with Crippen LogP contribution in [0.5, 0.6) is 5.75 Å². The summed E-state index contributed by atoms with van der Waals surface area (Å²) in [5.74, 6) is 1.58. The number of carbonyl (C=O) groups excluding carboxylic acids is 1. The van der Waals surface area contributed by atoms with E-state index >= 15 is 0 Å². The largest absolute Gasteiger partial charge is 0.490 e. The average Bonchev–Trinajstić information content (AvgIpc) is 2.48. The van der Waals surface area contributed by atoms with E-state index in [4.69, 9.17) is 9.84 Å². The van der Waals surface area contributed by atoms with Gasteiger partial charge >= 0.3 is 0 Å². The molecule has 0 unspecified atom stereocenters. The van der Waals surface area contributed by atoms with Crippen molar-refractivity contribution < 1.29 is 14.6 Å². The van der Waals surface area contributed by atoms with Gasteiger partial charge in [0.25, 0.3) is 0 Å². The van der Waals surface area contributed by atoms with E-state index in [0.717, 1.165) is 42.6 Å². The average molecular weight is 356 g/mol. The molecule has 0 atom stereocenters. The van der Waals surface area contributed by atoms with Crippen molar-refractivity contribution in [2.75, 3.05) is 26.3 Å².